The van der Waals surface area contributed by atoms with Gasteiger partial charge in [-0.2, -0.15) is 0 Å². The van der Waals surface area contributed by atoms with Crippen LogP contribution in [-0.2, 0) is 9.53 Å². The Balaban J connectivity index is 4.06. The van der Waals surface area contributed by atoms with Gasteiger partial charge in [-0.1, -0.05) is 0 Å². The van der Waals surface area contributed by atoms with E-state index in [-0.39, 0.29) is 13.0 Å². The molecule has 0 rings (SSSR count). The molecule has 0 saturated heterocycles. The lowest BCUT2D eigenvalue weighted by molar-refractivity contribution is -0.139. The number of nitrogens with one attached hydrogen (secondary N) is 1. The molecule has 0 aromatic heterocycles. The zero-order chi connectivity index (χ0) is 13.3. The Morgan fingerprint density at radius 1 is 1.47 bits per heavy atom. The Labute approximate surface area is 100 Å². The molecule has 3 N–H and O–H groups in total. The molecule has 0 bridgehead atoms. The van der Waals surface area contributed by atoms with Gasteiger partial charge in [0.1, 0.15) is 6.04 Å². The van der Waals surface area contributed by atoms with Crippen LogP contribution >= 0.6 is 0 Å². The van der Waals surface area contributed by atoms with Crippen molar-refractivity contribution < 1.29 is 24.5 Å². The van der Waals surface area contributed by atoms with Crippen molar-refractivity contribution in [2.75, 3.05) is 33.4 Å². The van der Waals surface area contributed by atoms with Crippen molar-refractivity contribution in [1.29, 1.82) is 0 Å². The van der Waals surface area contributed by atoms with Crippen molar-refractivity contribution in [3.63, 3.8) is 0 Å². The first-order valence-electron chi connectivity index (χ1n) is 5.46. The van der Waals surface area contributed by atoms with Crippen molar-refractivity contribution in [3.8, 4) is 0 Å². The number of carbonyl (C=O) groups excluding carboxylic acids is 1. The van der Waals surface area contributed by atoms with E-state index in [0.717, 1.165) is 0 Å². The molecule has 0 fully saturated rings. The van der Waals surface area contributed by atoms with Crippen molar-refractivity contribution >= 4 is 12.0 Å². The fourth-order valence-corrected chi connectivity index (χ4v) is 1.09. The molecule has 0 radical (unpaired) electrons. The van der Waals surface area contributed by atoms with E-state index in [2.05, 4.69) is 5.32 Å². The van der Waals surface area contributed by atoms with E-state index in [4.69, 9.17) is 14.9 Å². The summed E-state index contributed by atoms with van der Waals surface area (Å²) < 4.78 is 5.08. The summed E-state index contributed by atoms with van der Waals surface area (Å²) in [4.78, 5) is 23.6. The van der Waals surface area contributed by atoms with Gasteiger partial charge in [0, 0.05) is 33.2 Å². The van der Waals surface area contributed by atoms with E-state index in [1.54, 1.807) is 7.05 Å². The molecule has 0 unspecified atom stereocenters. The maximum atomic E-state index is 11.5. The number of likely N-dealkylation sites (N-methyl/N-ethyl adjacent to an activating group) is 1. The number of nitrogens with zero attached hydrogens (tertiary/aromatic N) is 1. The third-order valence-corrected chi connectivity index (χ3v) is 2.14. The molecule has 0 heterocycles. The highest BCUT2D eigenvalue weighted by Gasteiger charge is 2.20. The molecule has 1 atom stereocenters. The van der Waals surface area contributed by atoms with Crippen LogP contribution in [0.4, 0.5) is 4.79 Å². The molecule has 0 aliphatic heterocycles. The second kappa shape index (κ2) is 8.77. The summed E-state index contributed by atoms with van der Waals surface area (Å²) in [6.07, 6.45) is -0.0135. The lowest BCUT2D eigenvalue weighted by atomic mass is 10.2. The summed E-state index contributed by atoms with van der Waals surface area (Å²) in [5.74, 6) is -1.16. The Bertz CT molecular complexity index is 247. The largest absolute Gasteiger partial charge is 0.480 e. The van der Waals surface area contributed by atoms with Crippen molar-refractivity contribution in [2.45, 2.75) is 19.4 Å². The van der Waals surface area contributed by atoms with Crippen LogP contribution in [0.15, 0.2) is 0 Å². The number of carboxylic acid groups (broad SMARTS) is 1. The van der Waals surface area contributed by atoms with E-state index >= 15 is 0 Å². The molecular weight excluding hydrogens is 228 g/mol. The molecule has 0 aromatic rings. The predicted octanol–water partition coefficient (Wildman–Crippen LogP) is -0.500. The highest BCUT2D eigenvalue weighted by atomic mass is 16.5. The third-order valence-electron chi connectivity index (χ3n) is 2.14. The average Bonchev–Trinajstić information content (AvgIpc) is 2.28. The van der Waals surface area contributed by atoms with Crippen molar-refractivity contribution in [1.82, 2.24) is 10.2 Å². The maximum Gasteiger partial charge on any atom is 0.326 e. The molecule has 0 saturated carbocycles. The summed E-state index contributed by atoms with van der Waals surface area (Å²) in [7, 11) is 1.55. The summed E-state index contributed by atoms with van der Waals surface area (Å²) in [5.41, 5.74) is 0. The van der Waals surface area contributed by atoms with Crippen LogP contribution in [0.2, 0.25) is 0 Å². The van der Waals surface area contributed by atoms with Gasteiger partial charge in [0.25, 0.3) is 0 Å². The zero-order valence-electron chi connectivity index (χ0n) is 10.2. The third kappa shape index (κ3) is 6.75. The van der Waals surface area contributed by atoms with E-state index in [0.29, 0.717) is 19.8 Å². The Morgan fingerprint density at radius 2 is 2.12 bits per heavy atom. The summed E-state index contributed by atoms with van der Waals surface area (Å²) in [5, 5.41) is 19.8. The Hall–Kier alpha value is -1.34. The molecule has 7 nitrogen and oxygen atoms in total. The molecule has 0 spiro atoms. The quantitative estimate of drug-likeness (QED) is 0.503. The van der Waals surface area contributed by atoms with Gasteiger partial charge in [-0.05, 0) is 6.92 Å². The van der Waals surface area contributed by atoms with Gasteiger partial charge in [0.05, 0.1) is 6.61 Å². The summed E-state index contributed by atoms with van der Waals surface area (Å²) in [6, 6.07) is -1.56. The van der Waals surface area contributed by atoms with Crippen LogP contribution in [0.25, 0.3) is 0 Å². The summed E-state index contributed by atoms with van der Waals surface area (Å²) >= 11 is 0. The van der Waals surface area contributed by atoms with Crippen molar-refractivity contribution in [2.24, 2.45) is 0 Å². The molecule has 7 heteroatoms. The number of amides is 2. The van der Waals surface area contributed by atoms with Crippen LogP contribution < -0.4 is 5.32 Å². The molecule has 0 aliphatic rings. The lowest BCUT2D eigenvalue weighted by Crippen LogP contribution is -2.47. The number of aliphatic hydroxyl groups is 1. The van der Waals surface area contributed by atoms with E-state index in [1.807, 2.05) is 6.92 Å². The summed E-state index contributed by atoms with van der Waals surface area (Å²) in [6.45, 7) is 2.91. The van der Waals surface area contributed by atoms with Crippen LogP contribution in [0.5, 0.6) is 0 Å². The Morgan fingerprint density at radius 3 is 2.59 bits per heavy atom. The van der Waals surface area contributed by atoms with Gasteiger partial charge in [0.15, 0.2) is 0 Å². The molecule has 2 amide bonds. The minimum atomic E-state index is -1.16. The highest BCUT2D eigenvalue weighted by Crippen LogP contribution is 1.94. The van der Waals surface area contributed by atoms with Gasteiger partial charge in [-0.15, -0.1) is 0 Å². The fourth-order valence-electron chi connectivity index (χ4n) is 1.09. The number of rotatable bonds is 8. The zero-order valence-corrected chi connectivity index (χ0v) is 10.2. The molecule has 100 valence electrons. The number of hydrogen-bond donors (Lipinski definition) is 3. The minimum absolute atomic E-state index is 0.0135. The van der Waals surface area contributed by atoms with Crippen molar-refractivity contribution in [3.05, 3.63) is 0 Å². The number of urea groups is 1. The van der Waals surface area contributed by atoms with Gasteiger partial charge in [-0.25, -0.2) is 9.59 Å². The van der Waals surface area contributed by atoms with Crippen LogP contribution in [-0.4, -0.2) is 66.6 Å². The first kappa shape index (κ1) is 15.7. The van der Waals surface area contributed by atoms with Crippen LogP contribution in [0.1, 0.15) is 13.3 Å². The van der Waals surface area contributed by atoms with Gasteiger partial charge in [0.2, 0.25) is 0 Å². The monoisotopic (exact) mass is 248 g/mol. The van der Waals surface area contributed by atoms with Crippen LogP contribution in [0, 0.1) is 0 Å². The lowest BCUT2D eigenvalue weighted by Gasteiger charge is -2.20. The van der Waals surface area contributed by atoms with Crippen LogP contribution in [0.3, 0.4) is 0 Å². The highest BCUT2D eigenvalue weighted by molar-refractivity contribution is 5.82. The molecule has 0 aliphatic carbocycles. The Kier molecular flexibility index (Phi) is 8.08. The van der Waals surface area contributed by atoms with E-state index < -0.39 is 18.0 Å². The fraction of sp³-hybridized carbons (Fsp3) is 0.800. The maximum absolute atomic E-state index is 11.5. The molecule has 0 aromatic carbocycles. The second-order valence-electron chi connectivity index (χ2n) is 3.47. The number of aliphatic carboxylic acids is 1. The topological polar surface area (TPSA) is 99.1 Å². The molecule has 17 heavy (non-hydrogen) atoms. The normalized spacial score (nSPS) is 11.9. The number of hydrogen-bond acceptors (Lipinski definition) is 4. The average molecular weight is 248 g/mol. The number of ether oxygens (including phenoxy) is 1. The minimum Gasteiger partial charge on any atom is -0.480 e. The predicted molar refractivity (Wildman–Crippen MR) is 60.8 cm³/mol. The first-order valence-corrected chi connectivity index (χ1v) is 5.46. The number of aliphatic hydroxyl groups excluding tert-OH is 1. The second-order valence-corrected chi connectivity index (χ2v) is 3.47. The number of carbonyl (C=O) groups is 2. The van der Waals surface area contributed by atoms with Gasteiger partial charge in [-0.3, -0.25) is 0 Å². The smallest absolute Gasteiger partial charge is 0.326 e. The van der Waals surface area contributed by atoms with Gasteiger partial charge >= 0.3 is 12.0 Å². The standard InChI is InChI=1S/C10H20N2O5/c1-3-17-7-5-12(2)10(16)11-8(4-6-13)9(14)15/h8,13H,3-7H2,1-2H3,(H,11,16)(H,14,15)/t8-/m1/s1. The van der Waals surface area contributed by atoms with E-state index in [1.165, 1.54) is 4.90 Å². The molecular formula is C10H20N2O5. The first-order chi connectivity index (χ1) is 8.02. The van der Waals surface area contributed by atoms with E-state index in [9.17, 15) is 9.59 Å². The SMILES string of the molecule is CCOCCN(C)C(=O)N[C@H](CCO)C(=O)O. The number of carboxylic acids is 1. The van der Waals surface area contributed by atoms with Gasteiger partial charge < -0.3 is 25.2 Å².